The van der Waals surface area contributed by atoms with Gasteiger partial charge in [0.25, 0.3) is 5.91 Å². The second-order valence-corrected chi connectivity index (χ2v) is 1.78. The van der Waals surface area contributed by atoms with Crippen LogP contribution in [-0.4, -0.2) is 30.9 Å². The van der Waals surface area contributed by atoms with Crippen LogP contribution in [-0.2, 0) is 9.53 Å². The topological polar surface area (TPSA) is 84.6 Å². The van der Waals surface area contributed by atoms with Gasteiger partial charge in [-0.1, -0.05) is 0 Å². The molecule has 10 heavy (non-hydrogen) atoms. The molecule has 0 radical (unpaired) electrons. The number of ether oxygens (including phenoxy) is 1. The van der Waals surface area contributed by atoms with Gasteiger partial charge in [0.2, 0.25) is 0 Å². The summed E-state index contributed by atoms with van der Waals surface area (Å²) >= 11 is 0. The summed E-state index contributed by atoms with van der Waals surface area (Å²) in [7, 11) is 1.38. The van der Waals surface area contributed by atoms with Crippen LogP contribution in [0.15, 0.2) is 0 Å². The molecule has 0 aromatic rings. The van der Waals surface area contributed by atoms with Gasteiger partial charge in [0.15, 0.2) is 0 Å². The van der Waals surface area contributed by atoms with Crippen LogP contribution in [0, 0.1) is 0 Å². The van der Waals surface area contributed by atoms with E-state index in [0.29, 0.717) is 13.0 Å². The molecule has 1 atom stereocenters. The first kappa shape index (κ1) is 9.35. The Morgan fingerprint density at radius 3 is 2.80 bits per heavy atom. The number of nitrogens with one attached hydrogen (secondary N) is 1. The van der Waals surface area contributed by atoms with E-state index in [1.54, 1.807) is 0 Å². The molecule has 0 heterocycles. The first-order valence-electron chi connectivity index (χ1n) is 2.93. The van der Waals surface area contributed by atoms with Gasteiger partial charge in [-0.25, -0.2) is 5.48 Å². The normalized spacial score (nSPS) is 12.7. The van der Waals surface area contributed by atoms with Crippen molar-refractivity contribution in [3.8, 4) is 0 Å². The van der Waals surface area contributed by atoms with E-state index < -0.39 is 12.0 Å². The van der Waals surface area contributed by atoms with Crippen LogP contribution in [0.4, 0.5) is 0 Å². The van der Waals surface area contributed by atoms with Gasteiger partial charge >= 0.3 is 0 Å². The maximum atomic E-state index is 10.6. The maximum absolute atomic E-state index is 10.6. The summed E-state index contributed by atoms with van der Waals surface area (Å²) in [5.74, 6) is -0.562. The number of hydrogen-bond donors (Lipinski definition) is 3. The summed E-state index contributed by atoms with van der Waals surface area (Å²) < 4.78 is 4.69. The molecule has 0 fully saturated rings. The minimum atomic E-state index is -0.644. The molecule has 0 saturated carbocycles. The summed E-state index contributed by atoms with van der Waals surface area (Å²) in [4.78, 5) is 10.6. The minimum absolute atomic E-state index is 0.353. The van der Waals surface area contributed by atoms with Crippen molar-refractivity contribution in [2.45, 2.75) is 12.5 Å². The van der Waals surface area contributed by atoms with Crippen LogP contribution >= 0.6 is 0 Å². The second-order valence-electron chi connectivity index (χ2n) is 1.78. The van der Waals surface area contributed by atoms with Gasteiger partial charge < -0.3 is 10.5 Å². The fourth-order valence-electron chi connectivity index (χ4n) is 0.579. The Bertz CT molecular complexity index is 107. The number of amides is 1. The Kier molecular flexibility index (Phi) is 4.82. The summed E-state index contributed by atoms with van der Waals surface area (Å²) in [6.07, 6.45) is -0.238. The molecule has 60 valence electrons. The fraction of sp³-hybridized carbons (Fsp3) is 0.800. The van der Waals surface area contributed by atoms with E-state index in [4.69, 9.17) is 15.7 Å². The lowest BCUT2D eigenvalue weighted by Crippen LogP contribution is -2.35. The van der Waals surface area contributed by atoms with E-state index in [-0.39, 0.29) is 0 Å². The molecule has 0 aromatic heterocycles. The van der Waals surface area contributed by atoms with Crippen LogP contribution in [0.5, 0.6) is 0 Å². The van der Waals surface area contributed by atoms with Crippen molar-refractivity contribution in [3.05, 3.63) is 0 Å². The number of nitrogens with two attached hydrogens (primary N) is 1. The smallest absolute Gasteiger partial charge is 0.272 e. The molecule has 0 spiro atoms. The van der Waals surface area contributed by atoms with Gasteiger partial charge in [-0.05, 0) is 13.0 Å². The number of hydroxylamine groups is 1. The van der Waals surface area contributed by atoms with Gasteiger partial charge in [-0.3, -0.25) is 10.0 Å². The summed E-state index contributed by atoms with van der Waals surface area (Å²) in [5, 5.41) is 8.14. The average molecular weight is 148 g/mol. The van der Waals surface area contributed by atoms with E-state index in [2.05, 4.69) is 0 Å². The predicted octanol–water partition coefficient (Wildman–Crippen LogP) is -1.14. The largest absolute Gasteiger partial charge is 0.371 e. The molecular formula is C5H12N2O3. The van der Waals surface area contributed by atoms with E-state index in [1.165, 1.54) is 12.6 Å². The van der Waals surface area contributed by atoms with Crippen LogP contribution in [0.1, 0.15) is 6.42 Å². The molecule has 4 N–H and O–H groups in total. The zero-order valence-electron chi connectivity index (χ0n) is 5.83. The van der Waals surface area contributed by atoms with E-state index >= 15 is 0 Å². The Labute approximate surface area is 59.1 Å². The SMILES string of the molecule is COC(CCN)C(=O)NO. The highest BCUT2D eigenvalue weighted by atomic mass is 16.5. The third-order valence-corrected chi connectivity index (χ3v) is 1.12. The average Bonchev–Trinajstić information content (AvgIpc) is 1.99. The molecule has 0 rings (SSSR count). The van der Waals surface area contributed by atoms with Crippen LogP contribution in [0.2, 0.25) is 0 Å². The highest BCUT2D eigenvalue weighted by Crippen LogP contribution is 1.93. The third kappa shape index (κ3) is 2.77. The summed E-state index contributed by atoms with van der Waals surface area (Å²) in [5.41, 5.74) is 6.64. The van der Waals surface area contributed by atoms with Crippen molar-refractivity contribution < 1.29 is 14.7 Å². The Morgan fingerprint density at radius 2 is 2.50 bits per heavy atom. The van der Waals surface area contributed by atoms with Gasteiger partial charge in [-0.2, -0.15) is 0 Å². The molecule has 5 nitrogen and oxygen atoms in total. The number of rotatable bonds is 4. The highest BCUT2D eigenvalue weighted by Gasteiger charge is 2.14. The van der Waals surface area contributed by atoms with Crippen molar-refractivity contribution in [1.82, 2.24) is 5.48 Å². The lowest BCUT2D eigenvalue weighted by atomic mass is 10.2. The number of carbonyl (C=O) groups excluding carboxylic acids is 1. The van der Waals surface area contributed by atoms with Crippen LogP contribution < -0.4 is 11.2 Å². The monoisotopic (exact) mass is 148 g/mol. The highest BCUT2D eigenvalue weighted by molar-refractivity contribution is 5.79. The molecule has 0 aliphatic rings. The standard InChI is InChI=1S/C5H12N2O3/c1-10-4(2-3-6)5(8)7-9/h4,9H,2-3,6H2,1H3,(H,7,8). The molecule has 0 saturated heterocycles. The summed E-state index contributed by atoms with van der Waals surface area (Å²) in [6.45, 7) is 0.353. The van der Waals surface area contributed by atoms with E-state index in [0.717, 1.165) is 0 Å². The zero-order chi connectivity index (χ0) is 7.98. The summed E-state index contributed by atoms with van der Waals surface area (Å²) in [6, 6.07) is 0. The van der Waals surface area contributed by atoms with Crippen molar-refractivity contribution >= 4 is 5.91 Å². The van der Waals surface area contributed by atoms with Crippen molar-refractivity contribution in [2.24, 2.45) is 5.73 Å². The quantitative estimate of drug-likeness (QED) is 0.347. The zero-order valence-corrected chi connectivity index (χ0v) is 5.83. The Balaban J connectivity index is 3.68. The number of methoxy groups -OCH3 is 1. The van der Waals surface area contributed by atoms with Crippen molar-refractivity contribution in [3.63, 3.8) is 0 Å². The molecule has 1 amide bonds. The van der Waals surface area contributed by atoms with Gasteiger partial charge in [0.1, 0.15) is 6.10 Å². The molecule has 0 aromatic carbocycles. The fourth-order valence-corrected chi connectivity index (χ4v) is 0.579. The first-order valence-corrected chi connectivity index (χ1v) is 2.93. The van der Waals surface area contributed by atoms with Crippen molar-refractivity contribution in [2.75, 3.05) is 13.7 Å². The van der Waals surface area contributed by atoms with E-state index in [1.807, 2.05) is 0 Å². The van der Waals surface area contributed by atoms with Gasteiger partial charge in [-0.15, -0.1) is 0 Å². The Morgan fingerprint density at radius 1 is 1.90 bits per heavy atom. The lowest BCUT2D eigenvalue weighted by Gasteiger charge is -2.10. The lowest BCUT2D eigenvalue weighted by molar-refractivity contribution is -0.139. The number of carbonyl (C=O) groups is 1. The molecule has 0 aliphatic carbocycles. The van der Waals surface area contributed by atoms with E-state index in [9.17, 15) is 4.79 Å². The van der Waals surface area contributed by atoms with Gasteiger partial charge in [0.05, 0.1) is 0 Å². The van der Waals surface area contributed by atoms with Crippen LogP contribution in [0.3, 0.4) is 0 Å². The Hall–Kier alpha value is -0.650. The maximum Gasteiger partial charge on any atom is 0.272 e. The van der Waals surface area contributed by atoms with Crippen molar-refractivity contribution in [1.29, 1.82) is 0 Å². The third-order valence-electron chi connectivity index (χ3n) is 1.12. The molecule has 1 unspecified atom stereocenters. The molecule has 0 aliphatic heterocycles. The first-order chi connectivity index (χ1) is 4.76. The number of hydrogen-bond acceptors (Lipinski definition) is 4. The van der Waals surface area contributed by atoms with Gasteiger partial charge in [0, 0.05) is 7.11 Å². The predicted molar refractivity (Wildman–Crippen MR) is 34.4 cm³/mol. The van der Waals surface area contributed by atoms with Crippen LogP contribution in [0.25, 0.3) is 0 Å². The molecule has 5 heteroatoms. The molecular weight excluding hydrogens is 136 g/mol. The molecule has 0 bridgehead atoms. The minimum Gasteiger partial charge on any atom is -0.371 e. The second kappa shape index (κ2) is 5.16.